The van der Waals surface area contributed by atoms with E-state index >= 15 is 0 Å². The van der Waals surface area contributed by atoms with Crippen molar-refractivity contribution in [3.05, 3.63) is 0 Å². The molecule has 0 fully saturated rings. The molecule has 0 aromatic heterocycles. The highest BCUT2D eigenvalue weighted by Gasteiger charge is 2.21. The maximum atomic E-state index is 5.94. The summed E-state index contributed by atoms with van der Waals surface area (Å²) >= 11 is -0.788. The van der Waals surface area contributed by atoms with Crippen molar-refractivity contribution in [1.29, 1.82) is 0 Å². The van der Waals surface area contributed by atoms with Crippen molar-refractivity contribution >= 4 is 24.2 Å². The molecule has 0 aromatic rings. The summed E-state index contributed by atoms with van der Waals surface area (Å²) in [7, 11) is -0.158. The molecule has 0 N–H and O–H groups in total. The first kappa shape index (κ1) is 12.7. The molecule has 0 spiro atoms. The molecule has 0 saturated heterocycles. The lowest BCUT2D eigenvalue weighted by Crippen LogP contribution is -2.23. The first-order valence-corrected chi connectivity index (χ1v) is 9.27. The first-order valence-electron chi connectivity index (χ1n) is 5.17. The lowest BCUT2D eigenvalue weighted by molar-refractivity contribution is 0.555. The number of hydrogen-bond donors (Lipinski definition) is 0. The largest absolute Gasteiger partial charge is 0.550 e. The first-order chi connectivity index (χ1) is 5.56. The van der Waals surface area contributed by atoms with Gasteiger partial charge in [-0.2, -0.15) is 0 Å². The average molecular weight is 202 g/mol. The summed E-state index contributed by atoms with van der Waals surface area (Å²) < 4.78 is 5.94. The van der Waals surface area contributed by atoms with E-state index in [-0.39, 0.29) is 9.76 Å². The molecule has 0 aliphatic heterocycles. The Morgan fingerprint density at radius 2 is 1.50 bits per heavy atom. The minimum Gasteiger partial charge on any atom is -0.550 e. The van der Waals surface area contributed by atoms with Gasteiger partial charge in [-0.1, -0.05) is 56.6 Å². The standard InChI is InChI=1S/2C4H9.CH5OSi.Al/c2*1-4(2)3;1-3-2;/h2*4H,1H2,2-3H3;3H2,1H3;/q;;-1;+1. The highest BCUT2D eigenvalue weighted by atomic mass is 28.2. The molecular weight excluding hydrogens is 179 g/mol. The molecule has 0 aromatic carbocycles. The van der Waals surface area contributed by atoms with Crippen LogP contribution in [0.25, 0.3) is 0 Å². The fraction of sp³-hybridized carbons (Fsp3) is 1.00. The van der Waals surface area contributed by atoms with Crippen molar-refractivity contribution in [2.45, 2.75) is 44.8 Å². The third-order valence-corrected chi connectivity index (χ3v) is 8.03. The van der Waals surface area contributed by atoms with Crippen LogP contribution in [0.1, 0.15) is 27.7 Å². The molecule has 72 valence electrons. The van der Waals surface area contributed by atoms with Gasteiger partial charge in [0.05, 0.1) is 0 Å². The number of rotatable bonds is 6. The van der Waals surface area contributed by atoms with Gasteiger partial charge in [-0.25, -0.2) is 0 Å². The Labute approximate surface area is 84.6 Å². The highest BCUT2D eigenvalue weighted by Crippen LogP contribution is 2.14. The zero-order valence-corrected chi connectivity index (χ0v) is 11.8. The normalized spacial score (nSPS) is 12.2. The van der Waals surface area contributed by atoms with Crippen LogP contribution in [-0.2, 0) is 3.48 Å². The van der Waals surface area contributed by atoms with Gasteiger partial charge in [-0.15, -0.1) is 0 Å². The SMILES string of the molecule is C[SiH2][O][Al]([CH2]C(C)C)[CH2]C(C)C. The quantitative estimate of drug-likeness (QED) is 0.601. The van der Waals surface area contributed by atoms with Gasteiger partial charge in [-0.05, 0) is 0 Å². The maximum Gasteiger partial charge on any atom is 0.449 e. The summed E-state index contributed by atoms with van der Waals surface area (Å²) in [5, 5.41) is 2.75. The summed E-state index contributed by atoms with van der Waals surface area (Å²) in [6.07, 6.45) is 0. The van der Waals surface area contributed by atoms with E-state index in [0.29, 0.717) is 0 Å². The molecule has 0 aliphatic rings. The van der Waals surface area contributed by atoms with Crippen molar-refractivity contribution in [3.63, 3.8) is 0 Å². The third kappa shape index (κ3) is 7.36. The lowest BCUT2D eigenvalue weighted by atomic mass is 10.3. The van der Waals surface area contributed by atoms with E-state index in [1.807, 2.05) is 0 Å². The second kappa shape index (κ2) is 7.15. The molecule has 0 saturated carbocycles. The summed E-state index contributed by atoms with van der Waals surface area (Å²) in [6.45, 7) is 11.5. The fourth-order valence-electron chi connectivity index (χ4n) is 1.52. The van der Waals surface area contributed by atoms with Crippen LogP contribution in [0.3, 0.4) is 0 Å². The number of hydrogen-bond acceptors (Lipinski definition) is 1. The van der Waals surface area contributed by atoms with Crippen molar-refractivity contribution in [1.82, 2.24) is 0 Å². The van der Waals surface area contributed by atoms with E-state index in [2.05, 4.69) is 34.2 Å². The molecule has 0 bridgehead atoms. The molecule has 0 amide bonds. The van der Waals surface area contributed by atoms with E-state index < -0.39 is 14.5 Å². The zero-order chi connectivity index (χ0) is 9.56. The monoisotopic (exact) mass is 202 g/mol. The highest BCUT2D eigenvalue weighted by molar-refractivity contribution is 6.58. The molecule has 0 unspecified atom stereocenters. The van der Waals surface area contributed by atoms with Crippen molar-refractivity contribution in [2.24, 2.45) is 11.8 Å². The van der Waals surface area contributed by atoms with Gasteiger partial charge in [0, 0.05) is 0 Å². The van der Waals surface area contributed by atoms with E-state index in [1.165, 1.54) is 10.6 Å². The average Bonchev–Trinajstić information content (AvgIpc) is 1.84. The minimum absolute atomic E-state index is 0.158. The summed E-state index contributed by atoms with van der Waals surface area (Å²) in [5.41, 5.74) is 0. The molecule has 0 rings (SSSR count). The smallest absolute Gasteiger partial charge is 0.449 e. The Hall–Kier alpha value is 0.709. The minimum atomic E-state index is -0.788. The predicted octanol–water partition coefficient (Wildman–Crippen LogP) is 2.44. The molecule has 3 heteroatoms. The van der Waals surface area contributed by atoms with Gasteiger partial charge < -0.3 is 3.48 Å². The van der Waals surface area contributed by atoms with Crippen LogP contribution >= 0.6 is 0 Å². The lowest BCUT2D eigenvalue weighted by Gasteiger charge is -2.15. The van der Waals surface area contributed by atoms with Crippen LogP contribution in [0, 0.1) is 11.8 Å². The van der Waals surface area contributed by atoms with Gasteiger partial charge in [-0.3, -0.25) is 0 Å². The van der Waals surface area contributed by atoms with Gasteiger partial charge in [0.1, 0.15) is 9.76 Å². The van der Waals surface area contributed by atoms with Crippen LogP contribution in [0.5, 0.6) is 0 Å². The van der Waals surface area contributed by atoms with Gasteiger partial charge >= 0.3 is 14.5 Å². The molecule has 0 heterocycles. The van der Waals surface area contributed by atoms with E-state index in [0.717, 1.165) is 11.8 Å². The Balaban J connectivity index is 3.69. The summed E-state index contributed by atoms with van der Waals surface area (Å²) in [4.78, 5) is 0. The molecular formula is C9H23AlOSi. The second-order valence-corrected chi connectivity index (χ2v) is 8.43. The van der Waals surface area contributed by atoms with Crippen molar-refractivity contribution < 1.29 is 3.48 Å². The van der Waals surface area contributed by atoms with Crippen LogP contribution in [0.15, 0.2) is 0 Å². The van der Waals surface area contributed by atoms with Crippen LogP contribution in [-0.4, -0.2) is 24.2 Å². The molecule has 1 nitrogen and oxygen atoms in total. The van der Waals surface area contributed by atoms with Crippen molar-refractivity contribution in [3.8, 4) is 0 Å². The topological polar surface area (TPSA) is 9.23 Å². The molecule has 0 atom stereocenters. The van der Waals surface area contributed by atoms with Gasteiger partial charge in [0.2, 0.25) is 0 Å². The van der Waals surface area contributed by atoms with Gasteiger partial charge in [0.25, 0.3) is 0 Å². The van der Waals surface area contributed by atoms with E-state index in [4.69, 9.17) is 3.48 Å². The molecule has 12 heavy (non-hydrogen) atoms. The predicted molar refractivity (Wildman–Crippen MR) is 60.5 cm³/mol. The third-order valence-electron chi connectivity index (χ3n) is 1.87. The summed E-state index contributed by atoms with van der Waals surface area (Å²) in [6, 6.07) is 0. The van der Waals surface area contributed by atoms with Crippen LogP contribution in [0.2, 0.25) is 17.1 Å². The second-order valence-electron chi connectivity index (χ2n) is 4.34. The fourth-order valence-corrected chi connectivity index (χ4v) is 6.79. The van der Waals surface area contributed by atoms with Gasteiger partial charge in [0.15, 0.2) is 0 Å². The van der Waals surface area contributed by atoms with Crippen molar-refractivity contribution in [2.75, 3.05) is 0 Å². The van der Waals surface area contributed by atoms with E-state index in [9.17, 15) is 0 Å². The molecule has 0 aliphatic carbocycles. The Kier molecular flexibility index (Phi) is 7.57. The molecule has 0 radical (unpaired) electrons. The Morgan fingerprint density at radius 3 is 1.75 bits per heavy atom. The van der Waals surface area contributed by atoms with Crippen LogP contribution in [0.4, 0.5) is 0 Å². The Morgan fingerprint density at radius 1 is 1.08 bits per heavy atom. The Bertz CT molecular complexity index is 96.7. The summed E-state index contributed by atoms with van der Waals surface area (Å²) in [5.74, 6) is 1.67. The maximum absolute atomic E-state index is 5.94. The van der Waals surface area contributed by atoms with E-state index in [1.54, 1.807) is 0 Å². The van der Waals surface area contributed by atoms with Crippen LogP contribution < -0.4 is 0 Å². The zero-order valence-electron chi connectivity index (χ0n) is 9.26.